The van der Waals surface area contributed by atoms with Crippen LogP contribution in [0.25, 0.3) is 0 Å². The molecule has 1 amide bonds. The Morgan fingerprint density at radius 2 is 2.05 bits per heavy atom. The van der Waals surface area contributed by atoms with Crippen LogP contribution < -0.4 is 10.5 Å². The molecule has 6 heteroatoms. The van der Waals surface area contributed by atoms with Crippen LogP contribution in [0.4, 0.5) is 5.69 Å². The Morgan fingerprint density at radius 3 is 2.67 bits per heavy atom. The molecule has 0 fully saturated rings. The summed E-state index contributed by atoms with van der Waals surface area (Å²) in [5, 5.41) is 0. The number of hydrogen-bond acceptors (Lipinski definition) is 4. The molecule has 0 aliphatic rings. The minimum atomic E-state index is -0.180. The highest BCUT2D eigenvalue weighted by Gasteiger charge is 2.12. The first-order chi connectivity index (χ1) is 9.88. The lowest BCUT2D eigenvalue weighted by atomic mass is 10.2. The van der Waals surface area contributed by atoms with E-state index in [9.17, 15) is 4.79 Å². The molecule has 2 N–H and O–H groups in total. The molecule has 5 nitrogen and oxygen atoms in total. The van der Waals surface area contributed by atoms with Crippen LogP contribution in [-0.4, -0.2) is 29.9 Å². The predicted molar refractivity (Wildman–Crippen MR) is 85.6 cm³/mol. The van der Waals surface area contributed by atoms with E-state index < -0.39 is 0 Å². The number of benzene rings is 1. The SMILES string of the molecule is Cc1cc(Br)cc(N)c1Oc1ccnc(C(=O)N(C)C)c1. The molecular formula is C15H16BrN3O2. The zero-order valence-electron chi connectivity index (χ0n) is 12.1. The predicted octanol–water partition coefficient (Wildman–Crippen LogP) is 3.23. The molecule has 1 aromatic carbocycles. The van der Waals surface area contributed by atoms with Crippen molar-refractivity contribution in [3.05, 3.63) is 46.2 Å². The number of nitrogens with two attached hydrogens (primary N) is 1. The molecule has 0 bridgehead atoms. The van der Waals surface area contributed by atoms with Crippen molar-refractivity contribution in [2.45, 2.75) is 6.92 Å². The van der Waals surface area contributed by atoms with Gasteiger partial charge in [-0.2, -0.15) is 0 Å². The van der Waals surface area contributed by atoms with Gasteiger partial charge in [0.1, 0.15) is 11.4 Å². The standard InChI is InChI=1S/C15H16BrN3O2/c1-9-6-10(16)7-12(17)14(9)21-11-4-5-18-13(8-11)15(20)19(2)3/h4-8H,17H2,1-3H3. The van der Waals surface area contributed by atoms with Crippen LogP contribution in [0.2, 0.25) is 0 Å². The number of nitrogen functional groups attached to an aromatic ring is 1. The lowest BCUT2D eigenvalue weighted by Gasteiger charge is -2.13. The molecule has 0 saturated heterocycles. The Labute approximate surface area is 131 Å². The van der Waals surface area contributed by atoms with E-state index in [1.165, 1.54) is 11.1 Å². The van der Waals surface area contributed by atoms with Gasteiger partial charge in [-0.15, -0.1) is 0 Å². The number of pyridine rings is 1. The van der Waals surface area contributed by atoms with Gasteiger partial charge in [0.05, 0.1) is 5.69 Å². The van der Waals surface area contributed by atoms with Crippen molar-refractivity contribution in [2.75, 3.05) is 19.8 Å². The van der Waals surface area contributed by atoms with Crippen molar-refractivity contribution < 1.29 is 9.53 Å². The number of carbonyl (C=O) groups excluding carboxylic acids is 1. The number of hydrogen-bond donors (Lipinski definition) is 1. The van der Waals surface area contributed by atoms with Crippen LogP contribution >= 0.6 is 15.9 Å². The number of anilines is 1. The molecule has 1 heterocycles. The first-order valence-corrected chi connectivity index (χ1v) is 7.09. The quantitative estimate of drug-likeness (QED) is 0.863. The van der Waals surface area contributed by atoms with Crippen molar-refractivity contribution in [2.24, 2.45) is 0 Å². The summed E-state index contributed by atoms with van der Waals surface area (Å²) in [5.41, 5.74) is 7.72. The van der Waals surface area contributed by atoms with Gasteiger partial charge in [-0.25, -0.2) is 0 Å². The lowest BCUT2D eigenvalue weighted by Crippen LogP contribution is -2.22. The van der Waals surface area contributed by atoms with E-state index in [4.69, 9.17) is 10.5 Å². The van der Waals surface area contributed by atoms with E-state index >= 15 is 0 Å². The van der Waals surface area contributed by atoms with Gasteiger partial charge in [-0.3, -0.25) is 9.78 Å². The van der Waals surface area contributed by atoms with Gasteiger partial charge in [0.2, 0.25) is 0 Å². The van der Waals surface area contributed by atoms with Crippen LogP contribution in [0.15, 0.2) is 34.9 Å². The number of amides is 1. The highest BCUT2D eigenvalue weighted by molar-refractivity contribution is 9.10. The number of carbonyl (C=O) groups is 1. The summed E-state index contributed by atoms with van der Waals surface area (Å²) in [7, 11) is 3.35. The van der Waals surface area contributed by atoms with Crippen molar-refractivity contribution in [1.82, 2.24) is 9.88 Å². The Bertz CT molecular complexity index is 663. The molecule has 0 spiro atoms. The fraction of sp³-hybridized carbons (Fsp3) is 0.200. The Hall–Kier alpha value is -2.08. The van der Waals surface area contributed by atoms with E-state index in [1.54, 1.807) is 32.3 Å². The van der Waals surface area contributed by atoms with Gasteiger partial charge in [0.25, 0.3) is 5.91 Å². The first-order valence-electron chi connectivity index (χ1n) is 6.29. The zero-order chi connectivity index (χ0) is 15.6. The summed E-state index contributed by atoms with van der Waals surface area (Å²) >= 11 is 3.38. The second-order valence-electron chi connectivity index (χ2n) is 4.82. The van der Waals surface area contributed by atoms with Gasteiger partial charge in [-0.05, 0) is 30.7 Å². The highest BCUT2D eigenvalue weighted by atomic mass is 79.9. The van der Waals surface area contributed by atoms with Gasteiger partial charge in [-0.1, -0.05) is 15.9 Å². The maximum Gasteiger partial charge on any atom is 0.272 e. The molecule has 0 aliphatic heterocycles. The summed E-state index contributed by atoms with van der Waals surface area (Å²) in [5.74, 6) is 0.918. The van der Waals surface area contributed by atoms with Crippen LogP contribution in [0.1, 0.15) is 16.1 Å². The second-order valence-corrected chi connectivity index (χ2v) is 5.74. The molecule has 1 aromatic heterocycles. The van der Waals surface area contributed by atoms with E-state index in [0.717, 1.165) is 10.0 Å². The molecule has 21 heavy (non-hydrogen) atoms. The van der Waals surface area contributed by atoms with E-state index in [0.29, 0.717) is 22.9 Å². The summed E-state index contributed by atoms with van der Waals surface area (Å²) in [6.45, 7) is 1.91. The molecule has 0 saturated carbocycles. The molecule has 0 radical (unpaired) electrons. The maximum absolute atomic E-state index is 11.9. The molecule has 0 unspecified atom stereocenters. The summed E-state index contributed by atoms with van der Waals surface area (Å²) in [4.78, 5) is 17.4. The van der Waals surface area contributed by atoms with E-state index in [-0.39, 0.29) is 5.91 Å². The third-order valence-corrected chi connectivity index (χ3v) is 3.30. The molecule has 110 valence electrons. The van der Waals surface area contributed by atoms with E-state index in [1.807, 2.05) is 13.0 Å². The largest absolute Gasteiger partial charge is 0.455 e. The summed E-state index contributed by atoms with van der Waals surface area (Å²) < 4.78 is 6.70. The van der Waals surface area contributed by atoms with Gasteiger partial charge in [0.15, 0.2) is 5.75 Å². The smallest absolute Gasteiger partial charge is 0.272 e. The number of aryl methyl sites for hydroxylation is 1. The topological polar surface area (TPSA) is 68.5 Å². The van der Waals surface area contributed by atoms with Crippen LogP contribution in [0.3, 0.4) is 0 Å². The molecule has 0 atom stereocenters. The number of rotatable bonds is 3. The highest BCUT2D eigenvalue weighted by Crippen LogP contribution is 2.33. The Kier molecular flexibility index (Phi) is 4.47. The van der Waals surface area contributed by atoms with Crippen molar-refractivity contribution in [1.29, 1.82) is 0 Å². The summed E-state index contributed by atoms with van der Waals surface area (Å²) in [6, 6.07) is 6.98. The van der Waals surface area contributed by atoms with Crippen molar-refractivity contribution in [3.63, 3.8) is 0 Å². The van der Waals surface area contributed by atoms with Crippen molar-refractivity contribution >= 4 is 27.5 Å². The van der Waals surface area contributed by atoms with Gasteiger partial charge >= 0.3 is 0 Å². The molecular weight excluding hydrogens is 334 g/mol. The third-order valence-electron chi connectivity index (χ3n) is 2.84. The average molecular weight is 350 g/mol. The number of halogens is 1. The van der Waals surface area contributed by atoms with Crippen molar-refractivity contribution in [3.8, 4) is 11.5 Å². The Balaban J connectivity index is 2.33. The first kappa shape index (κ1) is 15.3. The number of aromatic nitrogens is 1. The van der Waals surface area contributed by atoms with Gasteiger partial charge < -0.3 is 15.4 Å². The second kappa shape index (κ2) is 6.13. The molecule has 0 aliphatic carbocycles. The van der Waals surface area contributed by atoms with Gasteiger partial charge in [0, 0.05) is 30.8 Å². The maximum atomic E-state index is 11.9. The fourth-order valence-corrected chi connectivity index (χ4v) is 2.42. The molecule has 2 aromatic rings. The van der Waals surface area contributed by atoms with Crippen LogP contribution in [-0.2, 0) is 0 Å². The third kappa shape index (κ3) is 3.52. The normalized spacial score (nSPS) is 10.3. The van der Waals surface area contributed by atoms with Crippen LogP contribution in [0.5, 0.6) is 11.5 Å². The zero-order valence-corrected chi connectivity index (χ0v) is 13.6. The fourth-order valence-electron chi connectivity index (χ4n) is 1.83. The number of nitrogens with zero attached hydrogens (tertiary/aromatic N) is 2. The summed E-state index contributed by atoms with van der Waals surface area (Å²) in [6.07, 6.45) is 1.54. The lowest BCUT2D eigenvalue weighted by molar-refractivity contribution is 0.0821. The van der Waals surface area contributed by atoms with E-state index in [2.05, 4.69) is 20.9 Å². The Morgan fingerprint density at radius 1 is 1.33 bits per heavy atom. The average Bonchev–Trinajstić information content (AvgIpc) is 2.42. The monoisotopic (exact) mass is 349 g/mol. The minimum absolute atomic E-state index is 0.180. The van der Waals surface area contributed by atoms with Crippen LogP contribution in [0, 0.1) is 6.92 Å². The molecule has 2 rings (SSSR count). The minimum Gasteiger partial charge on any atom is -0.455 e. The number of ether oxygens (including phenoxy) is 1.